The quantitative estimate of drug-likeness (QED) is 0.218. The summed E-state index contributed by atoms with van der Waals surface area (Å²) in [5.74, 6) is 0. The second-order valence-corrected chi connectivity index (χ2v) is 11.7. The van der Waals surface area contributed by atoms with Gasteiger partial charge < -0.3 is 4.57 Å². The van der Waals surface area contributed by atoms with E-state index in [0.717, 1.165) is 39.2 Å². The van der Waals surface area contributed by atoms with E-state index in [4.69, 9.17) is 9.97 Å². The number of hydrogen-bond donors (Lipinski definition) is 0. The number of para-hydroxylation sites is 1. The van der Waals surface area contributed by atoms with Crippen LogP contribution in [0.3, 0.4) is 0 Å². The van der Waals surface area contributed by atoms with Gasteiger partial charge in [-0.15, -0.1) is 11.3 Å². The molecule has 0 fully saturated rings. The first-order chi connectivity index (χ1) is 20.8. The molecule has 0 saturated heterocycles. The van der Waals surface area contributed by atoms with Crippen molar-refractivity contribution in [2.45, 2.75) is 0 Å². The van der Waals surface area contributed by atoms with E-state index in [0.29, 0.717) is 0 Å². The lowest BCUT2D eigenvalue weighted by molar-refractivity contribution is 1.18. The van der Waals surface area contributed by atoms with Crippen molar-refractivity contribution in [2.75, 3.05) is 0 Å². The number of thiophene rings is 1. The Hall–Kier alpha value is -5.32. The Morgan fingerprint density at radius 3 is 1.86 bits per heavy atom. The minimum absolute atomic E-state index is 0.874. The van der Waals surface area contributed by atoms with Gasteiger partial charge in [-0.2, -0.15) is 0 Å². The van der Waals surface area contributed by atoms with Crippen LogP contribution in [0.25, 0.3) is 81.2 Å². The third-order valence-electron chi connectivity index (χ3n) is 8.18. The first-order valence-electron chi connectivity index (χ1n) is 14.1. The largest absolute Gasteiger partial charge is 0.309 e. The average molecular weight is 554 g/mol. The molecule has 0 amide bonds. The Kier molecular flexibility index (Phi) is 5.07. The molecule has 0 atom stereocenters. The van der Waals surface area contributed by atoms with Crippen molar-refractivity contribution in [1.29, 1.82) is 0 Å². The molecule has 9 rings (SSSR count). The van der Waals surface area contributed by atoms with Crippen LogP contribution < -0.4 is 0 Å². The lowest BCUT2D eigenvalue weighted by atomic mass is 10.0. The Morgan fingerprint density at radius 1 is 0.452 bits per heavy atom. The number of fused-ring (bicyclic) bond motifs is 8. The molecule has 3 nitrogen and oxygen atoms in total. The zero-order valence-corrected chi connectivity index (χ0v) is 23.3. The number of rotatable bonds is 3. The van der Waals surface area contributed by atoms with Crippen LogP contribution in [0.2, 0.25) is 0 Å². The maximum absolute atomic E-state index is 5.26. The SMILES string of the molecule is c1ccc(-c2nc3ccc(-n4c5ccccc5c5c6c(ccc54)sc4ccccc46)cc3nc2-c2ccccc2)cc1. The summed E-state index contributed by atoms with van der Waals surface area (Å²) < 4.78 is 5.02. The van der Waals surface area contributed by atoms with E-state index < -0.39 is 0 Å². The predicted octanol–water partition coefficient (Wildman–Crippen LogP) is 10.4. The molecule has 0 aliphatic heterocycles. The van der Waals surface area contributed by atoms with Crippen LogP contribution in [0, 0.1) is 0 Å². The molecule has 196 valence electrons. The van der Waals surface area contributed by atoms with Crippen LogP contribution in [-0.2, 0) is 0 Å². The zero-order valence-electron chi connectivity index (χ0n) is 22.5. The van der Waals surface area contributed by atoms with Gasteiger partial charge in [0.15, 0.2) is 0 Å². The minimum Gasteiger partial charge on any atom is -0.309 e. The Labute approximate surface area is 246 Å². The third-order valence-corrected chi connectivity index (χ3v) is 9.31. The van der Waals surface area contributed by atoms with Crippen molar-refractivity contribution in [3.63, 3.8) is 0 Å². The number of hydrogen-bond acceptors (Lipinski definition) is 3. The highest BCUT2D eigenvalue weighted by molar-refractivity contribution is 7.26. The van der Waals surface area contributed by atoms with Crippen molar-refractivity contribution in [2.24, 2.45) is 0 Å². The summed E-state index contributed by atoms with van der Waals surface area (Å²) in [6.07, 6.45) is 0. The fraction of sp³-hybridized carbons (Fsp3) is 0. The fourth-order valence-corrected chi connectivity index (χ4v) is 7.44. The van der Waals surface area contributed by atoms with E-state index in [9.17, 15) is 0 Å². The van der Waals surface area contributed by atoms with Gasteiger partial charge in [-0.25, -0.2) is 9.97 Å². The first-order valence-corrected chi connectivity index (χ1v) is 14.9. The van der Waals surface area contributed by atoms with Crippen molar-refractivity contribution in [1.82, 2.24) is 14.5 Å². The zero-order chi connectivity index (χ0) is 27.6. The van der Waals surface area contributed by atoms with Crippen LogP contribution in [0.1, 0.15) is 0 Å². The molecule has 0 N–H and O–H groups in total. The van der Waals surface area contributed by atoms with Crippen LogP contribution in [-0.4, -0.2) is 14.5 Å². The number of benzene rings is 6. The second-order valence-electron chi connectivity index (χ2n) is 10.6. The van der Waals surface area contributed by atoms with Gasteiger partial charge in [-0.1, -0.05) is 97.1 Å². The lowest BCUT2D eigenvalue weighted by Crippen LogP contribution is -1.98. The maximum atomic E-state index is 5.26. The number of aromatic nitrogens is 3. The molecule has 9 aromatic rings. The van der Waals surface area contributed by atoms with Gasteiger partial charge in [0.05, 0.1) is 33.5 Å². The summed E-state index contributed by atoms with van der Waals surface area (Å²) in [7, 11) is 0. The molecular formula is C38H23N3S. The van der Waals surface area contributed by atoms with E-state index in [2.05, 4.69) is 132 Å². The normalized spacial score (nSPS) is 11.8. The van der Waals surface area contributed by atoms with Gasteiger partial charge in [0.2, 0.25) is 0 Å². The van der Waals surface area contributed by atoms with Crippen molar-refractivity contribution in [3.05, 3.63) is 140 Å². The molecule has 0 aliphatic carbocycles. The van der Waals surface area contributed by atoms with Crippen molar-refractivity contribution in [3.8, 4) is 28.2 Å². The molecule has 0 radical (unpaired) electrons. The maximum Gasteiger partial charge on any atom is 0.0973 e. The first kappa shape index (κ1) is 23.4. The van der Waals surface area contributed by atoms with Crippen LogP contribution in [0.4, 0.5) is 0 Å². The van der Waals surface area contributed by atoms with E-state index in [1.165, 1.54) is 42.0 Å². The van der Waals surface area contributed by atoms with Crippen LogP contribution in [0.5, 0.6) is 0 Å². The standard InChI is InChI=1S/C38H23N3S/c1-3-11-24(12-4-1)37-38(25-13-5-2-6-14-25)40-30-23-26(19-20-29(30)39-37)41-31-17-9-7-15-27(31)35-32(41)21-22-34-36(35)28-16-8-10-18-33(28)42-34/h1-23H. The summed E-state index contributed by atoms with van der Waals surface area (Å²) in [4.78, 5) is 10.4. The molecule has 6 aromatic carbocycles. The van der Waals surface area contributed by atoms with Gasteiger partial charge in [-0.3, -0.25) is 0 Å². The van der Waals surface area contributed by atoms with Crippen LogP contribution >= 0.6 is 11.3 Å². The summed E-state index contributed by atoms with van der Waals surface area (Å²) in [6.45, 7) is 0. The average Bonchev–Trinajstić information content (AvgIpc) is 3.60. The highest BCUT2D eigenvalue weighted by Crippen LogP contribution is 2.43. The third kappa shape index (κ3) is 3.46. The van der Waals surface area contributed by atoms with E-state index in [1.54, 1.807) is 0 Å². The van der Waals surface area contributed by atoms with Crippen LogP contribution in [0.15, 0.2) is 140 Å². The summed E-state index contributed by atoms with van der Waals surface area (Å²) in [6, 6.07) is 49.2. The molecule has 0 spiro atoms. The number of nitrogens with zero attached hydrogens (tertiary/aromatic N) is 3. The predicted molar refractivity (Wildman–Crippen MR) is 178 cm³/mol. The van der Waals surface area contributed by atoms with Gasteiger partial charge in [0.1, 0.15) is 0 Å². The molecular weight excluding hydrogens is 531 g/mol. The van der Waals surface area contributed by atoms with E-state index >= 15 is 0 Å². The van der Waals surface area contributed by atoms with Gasteiger partial charge in [0.25, 0.3) is 0 Å². The monoisotopic (exact) mass is 553 g/mol. The fourth-order valence-electron chi connectivity index (χ4n) is 6.33. The Bertz CT molecular complexity index is 2460. The van der Waals surface area contributed by atoms with Gasteiger partial charge in [-0.05, 0) is 42.5 Å². The molecule has 4 heteroatoms. The summed E-state index contributed by atoms with van der Waals surface area (Å²) in [5, 5.41) is 5.21. The highest BCUT2D eigenvalue weighted by atomic mass is 32.1. The molecule has 42 heavy (non-hydrogen) atoms. The highest BCUT2D eigenvalue weighted by Gasteiger charge is 2.19. The topological polar surface area (TPSA) is 30.7 Å². The summed E-state index contributed by atoms with van der Waals surface area (Å²) >= 11 is 1.86. The lowest BCUT2D eigenvalue weighted by Gasteiger charge is -2.13. The van der Waals surface area contributed by atoms with Gasteiger partial charge in [0, 0.05) is 47.8 Å². The summed E-state index contributed by atoms with van der Waals surface area (Å²) in [5.41, 5.74) is 9.11. The molecule has 3 heterocycles. The second kappa shape index (κ2) is 9.10. The Balaban J connectivity index is 1.34. The van der Waals surface area contributed by atoms with Crippen molar-refractivity contribution < 1.29 is 0 Å². The van der Waals surface area contributed by atoms with E-state index in [1.807, 2.05) is 23.5 Å². The minimum atomic E-state index is 0.874. The molecule has 0 aliphatic rings. The molecule has 0 unspecified atom stereocenters. The molecule has 3 aromatic heterocycles. The van der Waals surface area contributed by atoms with E-state index in [-0.39, 0.29) is 0 Å². The Morgan fingerprint density at radius 2 is 1.10 bits per heavy atom. The molecule has 0 saturated carbocycles. The smallest absolute Gasteiger partial charge is 0.0973 e. The van der Waals surface area contributed by atoms with Gasteiger partial charge >= 0.3 is 0 Å². The molecule has 0 bridgehead atoms. The van der Waals surface area contributed by atoms with Crippen molar-refractivity contribution >= 4 is 64.3 Å².